The van der Waals surface area contributed by atoms with Gasteiger partial charge in [0.05, 0.1) is 12.2 Å². The van der Waals surface area contributed by atoms with Gasteiger partial charge in [0.2, 0.25) is 0 Å². The van der Waals surface area contributed by atoms with Crippen LogP contribution in [0.5, 0.6) is 5.75 Å². The molecule has 7 heteroatoms. The number of nitrogens with one attached hydrogen (secondary N) is 3. The molecule has 0 spiro atoms. The highest BCUT2D eigenvalue weighted by atomic mass is 16.5. The van der Waals surface area contributed by atoms with Crippen LogP contribution in [0.1, 0.15) is 44.9 Å². The van der Waals surface area contributed by atoms with Crippen molar-refractivity contribution in [2.45, 2.75) is 13.8 Å². The highest BCUT2D eigenvalue weighted by molar-refractivity contribution is 6.04. The van der Waals surface area contributed by atoms with E-state index < -0.39 is 11.8 Å². The van der Waals surface area contributed by atoms with Crippen molar-refractivity contribution in [3.8, 4) is 5.75 Å². The van der Waals surface area contributed by atoms with Gasteiger partial charge in [-0.2, -0.15) is 0 Å². The van der Waals surface area contributed by atoms with Gasteiger partial charge in [-0.3, -0.25) is 25.2 Å². The molecule has 0 atom stereocenters. The molecule has 3 aromatic carbocycles. The second-order valence-corrected chi connectivity index (χ2v) is 7.51. The quantitative estimate of drug-likeness (QED) is 0.492. The third kappa shape index (κ3) is 6.18. The van der Waals surface area contributed by atoms with Crippen molar-refractivity contribution in [2.24, 2.45) is 5.92 Å². The second kappa shape index (κ2) is 10.8. The van der Waals surface area contributed by atoms with E-state index in [0.717, 1.165) is 0 Å². The summed E-state index contributed by atoms with van der Waals surface area (Å²) in [6.45, 7) is 4.51. The van der Waals surface area contributed by atoms with Crippen molar-refractivity contribution in [3.05, 3.63) is 95.6 Å². The molecule has 0 unspecified atom stereocenters. The molecule has 7 nitrogen and oxygen atoms in total. The zero-order valence-corrected chi connectivity index (χ0v) is 17.9. The first-order chi connectivity index (χ1) is 15.4. The van der Waals surface area contributed by atoms with Crippen LogP contribution in [0, 0.1) is 5.92 Å². The third-order valence-electron chi connectivity index (χ3n) is 4.43. The minimum atomic E-state index is -0.486. The summed E-state index contributed by atoms with van der Waals surface area (Å²) in [6.07, 6.45) is 0. The molecule has 0 fully saturated rings. The van der Waals surface area contributed by atoms with Gasteiger partial charge in [-0.25, -0.2) is 0 Å². The second-order valence-electron chi connectivity index (χ2n) is 7.51. The first-order valence-corrected chi connectivity index (χ1v) is 10.2. The van der Waals surface area contributed by atoms with Gasteiger partial charge >= 0.3 is 0 Å². The van der Waals surface area contributed by atoms with Gasteiger partial charge in [0.15, 0.2) is 0 Å². The Morgan fingerprint density at radius 3 is 2.00 bits per heavy atom. The molecule has 3 N–H and O–H groups in total. The summed E-state index contributed by atoms with van der Waals surface area (Å²) in [5.74, 6) is -0.449. The highest BCUT2D eigenvalue weighted by Gasteiger charge is 2.14. The molecule has 0 aliphatic heterocycles. The summed E-state index contributed by atoms with van der Waals surface area (Å²) < 4.78 is 5.68. The van der Waals surface area contributed by atoms with Crippen molar-refractivity contribution in [1.82, 2.24) is 10.9 Å². The summed E-state index contributed by atoms with van der Waals surface area (Å²) in [7, 11) is 0. The van der Waals surface area contributed by atoms with Gasteiger partial charge in [0.25, 0.3) is 17.7 Å². The lowest BCUT2D eigenvalue weighted by molar-refractivity contribution is 0.0844. The number of rotatable bonds is 7. The molecule has 0 saturated heterocycles. The molecule has 0 saturated carbocycles. The van der Waals surface area contributed by atoms with Crippen LogP contribution in [-0.4, -0.2) is 24.3 Å². The fourth-order valence-corrected chi connectivity index (χ4v) is 2.79. The number of anilines is 1. The predicted octanol–water partition coefficient (Wildman–Crippen LogP) is 4.05. The first kappa shape index (κ1) is 22.6. The molecule has 0 radical (unpaired) electrons. The highest BCUT2D eigenvalue weighted by Crippen LogP contribution is 2.18. The molecule has 0 aromatic heterocycles. The maximum absolute atomic E-state index is 12.5. The number of hydrazine groups is 1. The Bertz CT molecular complexity index is 1080. The number of hydrogen-bond acceptors (Lipinski definition) is 4. The van der Waals surface area contributed by atoms with E-state index in [1.54, 1.807) is 72.8 Å². The number of para-hydroxylation sites is 1. The molecule has 3 amide bonds. The van der Waals surface area contributed by atoms with Crippen LogP contribution in [0.25, 0.3) is 0 Å². The van der Waals surface area contributed by atoms with Gasteiger partial charge in [-0.15, -0.1) is 0 Å². The van der Waals surface area contributed by atoms with Crippen molar-refractivity contribution >= 4 is 23.4 Å². The van der Waals surface area contributed by atoms with Crippen molar-refractivity contribution in [2.75, 3.05) is 11.9 Å². The zero-order chi connectivity index (χ0) is 22.9. The Morgan fingerprint density at radius 2 is 1.31 bits per heavy atom. The lowest BCUT2D eigenvalue weighted by atomic mass is 10.1. The van der Waals surface area contributed by atoms with E-state index in [1.807, 2.05) is 19.9 Å². The summed E-state index contributed by atoms with van der Waals surface area (Å²) in [5, 5.41) is 2.77. The van der Waals surface area contributed by atoms with Gasteiger partial charge in [0, 0.05) is 16.8 Å². The van der Waals surface area contributed by atoms with Crippen LogP contribution in [0.15, 0.2) is 78.9 Å². The van der Waals surface area contributed by atoms with E-state index in [4.69, 9.17) is 4.74 Å². The molecule has 0 aliphatic rings. The van der Waals surface area contributed by atoms with Crippen molar-refractivity contribution in [1.29, 1.82) is 0 Å². The summed E-state index contributed by atoms with van der Waals surface area (Å²) in [5.41, 5.74) is 6.54. The Labute approximate surface area is 186 Å². The molecule has 3 aromatic rings. The molecular formula is C25H25N3O4. The monoisotopic (exact) mass is 431 g/mol. The van der Waals surface area contributed by atoms with Crippen molar-refractivity contribution < 1.29 is 19.1 Å². The predicted molar refractivity (Wildman–Crippen MR) is 123 cm³/mol. The number of carbonyl (C=O) groups is 3. The minimum absolute atomic E-state index is 0.242. The normalized spacial score (nSPS) is 10.3. The fourth-order valence-electron chi connectivity index (χ4n) is 2.79. The van der Waals surface area contributed by atoms with Gasteiger partial charge in [-0.1, -0.05) is 44.2 Å². The van der Waals surface area contributed by atoms with Crippen LogP contribution < -0.4 is 20.9 Å². The fraction of sp³-hybridized carbons (Fsp3) is 0.160. The van der Waals surface area contributed by atoms with E-state index in [2.05, 4.69) is 16.2 Å². The van der Waals surface area contributed by atoms with E-state index in [0.29, 0.717) is 40.7 Å². The SMILES string of the molecule is CC(C)COc1ccccc1C(=O)NNC(=O)c1ccc(NC(=O)c2ccccc2)cc1. The lowest BCUT2D eigenvalue weighted by Gasteiger charge is -2.13. The largest absolute Gasteiger partial charge is 0.492 e. The smallest absolute Gasteiger partial charge is 0.273 e. The van der Waals surface area contributed by atoms with E-state index in [1.165, 1.54) is 0 Å². The van der Waals surface area contributed by atoms with Crippen LogP contribution in [0.2, 0.25) is 0 Å². The molecular weight excluding hydrogens is 406 g/mol. The summed E-state index contributed by atoms with van der Waals surface area (Å²) in [4.78, 5) is 37.1. The van der Waals surface area contributed by atoms with Gasteiger partial charge in [-0.05, 0) is 54.4 Å². The number of ether oxygens (including phenoxy) is 1. The maximum atomic E-state index is 12.5. The Morgan fingerprint density at radius 1 is 0.719 bits per heavy atom. The zero-order valence-electron chi connectivity index (χ0n) is 17.9. The first-order valence-electron chi connectivity index (χ1n) is 10.2. The van der Waals surface area contributed by atoms with Gasteiger partial charge < -0.3 is 10.1 Å². The van der Waals surface area contributed by atoms with Crippen LogP contribution in [0.4, 0.5) is 5.69 Å². The van der Waals surface area contributed by atoms with E-state index in [-0.39, 0.29) is 5.91 Å². The number of hydrogen-bond donors (Lipinski definition) is 3. The molecule has 3 rings (SSSR count). The maximum Gasteiger partial charge on any atom is 0.273 e. The van der Waals surface area contributed by atoms with E-state index in [9.17, 15) is 14.4 Å². The molecule has 0 bridgehead atoms. The lowest BCUT2D eigenvalue weighted by Crippen LogP contribution is -2.41. The molecule has 0 aliphatic carbocycles. The molecule has 32 heavy (non-hydrogen) atoms. The number of amides is 3. The number of carbonyl (C=O) groups excluding carboxylic acids is 3. The Balaban J connectivity index is 1.56. The third-order valence-corrected chi connectivity index (χ3v) is 4.43. The Hall–Kier alpha value is -4.13. The topological polar surface area (TPSA) is 96.5 Å². The minimum Gasteiger partial charge on any atom is -0.492 e. The average molecular weight is 431 g/mol. The van der Waals surface area contributed by atoms with E-state index >= 15 is 0 Å². The van der Waals surface area contributed by atoms with Gasteiger partial charge in [0.1, 0.15) is 5.75 Å². The average Bonchev–Trinajstić information content (AvgIpc) is 2.82. The van der Waals surface area contributed by atoms with Crippen molar-refractivity contribution in [3.63, 3.8) is 0 Å². The summed E-state index contributed by atoms with van der Waals surface area (Å²) in [6, 6.07) is 22.0. The Kier molecular flexibility index (Phi) is 7.59. The number of benzene rings is 3. The van der Waals surface area contributed by atoms with Crippen LogP contribution in [0.3, 0.4) is 0 Å². The van der Waals surface area contributed by atoms with Crippen LogP contribution >= 0.6 is 0 Å². The standard InChI is InChI=1S/C25H25N3O4/c1-17(2)16-32-22-11-7-6-10-21(22)25(31)28-27-24(30)19-12-14-20(15-13-19)26-23(29)18-8-4-3-5-9-18/h3-15,17H,16H2,1-2H3,(H,26,29)(H,27,30)(H,28,31). The van der Waals surface area contributed by atoms with Crippen LogP contribution in [-0.2, 0) is 0 Å². The molecule has 164 valence electrons. The molecule has 0 heterocycles. The summed E-state index contributed by atoms with van der Waals surface area (Å²) >= 11 is 0.